The molecule has 4 rings (SSSR count). The van der Waals surface area contributed by atoms with Gasteiger partial charge in [-0.1, -0.05) is 0 Å². The summed E-state index contributed by atoms with van der Waals surface area (Å²) in [5.74, 6) is -0.144. The standard InChI is InChI=1S/C25H25N5O/c1-29(2)19-11-7-17(8-12-19)27-22-16-23(25(31)24-21(22)6-5-15-26-24)28-18-9-13-20(14-10-18)30(3)4/h5-16,28H,1-4H3. The summed E-state index contributed by atoms with van der Waals surface area (Å²) in [4.78, 5) is 26.3. The molecule has 0 atom stereocenters. The fourth-order valence-corrected chi connectivity index (χ4v) is 3.35. The minimum atomic E-state index is -0.144. The average Bonchev–Trinajstić information content (AvgIpc) is 2.77. The Bertz CT molecular complexity index is 1160. The first kappa shape index (κ1) is 20.3. The van der Waals surface area contributed by atoms with Crippen LogP contribution < -0.4 is 15.1 Å². The highest BCUT2D eigenvalue weighted by atomic mass is 16.1. The van der Waals surface area contributed by atoms with Crippen molar-refractivity contribution in [3.8, 4) is 0 Å². The number of nitrogens with one attached hydrogen (secondary N) is 1. The zero-order chi connectivity index (χ0) is 22.0. The number of aromatic nitrogens is 1. The summed E-state index contributed by atoms with van der Waals surface area (Å²) in [7, 11) is 7.99. The van der Waals surface area contributed by atoms with Gasteiger partial charge in [-0.25, -0.2) is 4.99 Å². The lowest BCUT2D eigenvalue weighted by atomic mass is 9.96. The first-order chi connectivity index (χ1) is 14.9. The highest BCUT2D eigenvalue weighted by molar-refractivity contribution is 6.26. The molecular weight excluding hydrogens is 386 g/mol. The fraction of sp³-hybridized carbons (Fsp3) is 0.160. The van der Waals surface area contributed by atoms with Gasteiger partial charge in [-0.15, -0.1) is 0 Å². The van der Waals surface area contributed by atoms with Gasteiger partial charge in [-0.3, -0.25) is 9.78 Å². The molecule has 0 radical (unpaired) electrons. The number of anilines is 3. The molecule has 0 fully saturated rings. The van der Waals surface area contributed by atoms with E-state index in [0.717, 1.165) is 28.3 Å². The van der Waals surface area contributed by atoms with E-state index in [-0.39, 0.29) is 5.78 Å². The molecule has 2 aromatic carbocycles. The number of carbonyl (C=O) groups excluding carboxylic acids is 1. The predicted molar refractivity (Wildman–Crippen MR) is 128 cm³/mol. The molecule has 0 saturated carbocycles. The Morgan fingerprint density at radius 1 is 0.839 bits per heavy atom. The van der Waals surface area contributed by atoms with E-state index in [1.165, 1.54) is 0 Å². The lowest BCUT2D eigenvalue weighted by Crippen LogP contribution is -2.23. The second kappa shape index (κ2) is 8.44. The molecule has 1 N–H and O–H groups in total. The molecule has 0 aliphatic heterocycles. The first-order valence-electron chi connectivity index (χ1n) is 10.0. The van der Waals surface area contributed by atoms with E-state index in [9.17, 15) is 4.79 Å². The average molecular weight is 412 g/mol. The Balaban J connectivity index is 1.70. The van der Waals surface area contributed by atoms with Crippen molar-refractivity contribution in [2.75, 3.05) is 43.3 Å². The van der Waals surface area contributed by atoms with Crippen LogP contribution in [0, 0.1) is 0 Å². The number of ketones is 1. The van der Waals surface area contributed by atoms with Crippen molar-refractivity contribution in [1.29, 1.82) is 0 Å². The maximum absolute atomic E-state index is 13.1. The van der Waals surface area contributed by atoms with Gasteiger partial charge in [0.15, 0.2) is 0 Å². The van der Waals surface area contributed by atoms with Crippen molar-refractivity contribution in [2.24, 2.45) is 4.99 Å². The van der Waals surface area contributed by atoms with Gasteiger partial charge in [0.25, 0.3) is 0 Å². The number of benzene rings is 2. The summed E-state index contributed by atoms with van der Waals surface area (Å²) in [6.45, 7) is 0. The number of hydrogen-bond donors (Lipinski definition) is 1. The van der Waals surface area contributed by atoms with Crippen molar-refractivity contribution in [1.82, 2.24) is 4.98 Å². The molecule has 6 nitrogen and oxygen atoms in total. The topological polar surface area (TPSA) is 60.8 Å². The fourth-order valence-electron chi connectivity index (χ4n) is 3.35. The SMILES string of the molecule is CN(C)c1ccc(N=C2C=C(Nc3ccc(N(C)C)cc3)C(=O)c3ncccc32)cc1. The van der Waals surface area contributed by atoms with Crippen molar-refractivity contribution in [2.45, 2.75) is 0 Å². The Morgan fingerprint density at radius 3 is 2.06 bits per heavy atom. The van der Waals surface area contributed by atoms with E-state index in [1.807, 2.05) is 98.7 Å². The Labute approximate surface area is 182 Å². The van der Waals surface area contributed by atoms with Gasteiger partial charge in [-0.05, 0) is 66.7 Å². The molecule has 0 unspecified atom stereocenters. The maximum atomic E-state index is 13.1. The van der Waals surface area contributed by atoms with E-state index in [1.54, 1.807) is 12.3 Å². The van der Waals surface area contributed by atoms with Crippen LogP contribution in [-0.4, -0.2) is 44.7 Å². The number of nitrogens with zero attached hydrogens (tertiary/aromatic N) is 4. The minimum absolute atomic E-state index is 0.144. The summed E-state index contributed by atoms with van der Waals surface area (Å²) in [5, 5.41) is 3.24. The van der Waals surface area contributed by atoms with E-state index in [4.69, 9.17) is 4.99 Å². The van der Waals surface area contributed by atoms with Crippen LogP contribution in [0.4, 0.5) is 22.7 Å². The molecule has 1 aromatic heterocycles. The molecule has 1 aliphatic rings. The number of rotatable bonds is 5. The molecule has 1 heterocycles. The van der Waals surface area contributed by atoms with Crippen LogP contribution in [0.5, 0.6) is 0 Å². The highest BCUT2D eigenvalue weighted by Crippen LogP contribution is 2.26. The van der Waals surface area contributed by atoms with Gasteiger partial charge >= 0.3 is 0 Å². The van der Waals surface area contributed by atoms with Crippen LogP contribution in [0.25, 0.3) is 0 Å². The summed E-state index contributed by atoms with van der Waals surface area (Å²) in [6, 6.07) is 19.6. The summed E-state index contributed by atoms with van der Waals surface area (Å²) in [5.41, 5.74) is 6.13. The van der Waals surface area contributed by atoms with Gasteiger partial charge in [0.2, 0.25) is 5.78 Å². The molecule has 0 saturated heterocycles. The third kappa shape index (κ3) is 4.33. The number of allylic oxidation sites excluding steroid dienone is 2. The minimum Gasteiger partial charge on any atom is -0.378 e. The number of aliphatic imine (C=N–C) groups is 1. The quantitative estimate of drug-likeness (QED) is 0.669. The van der Waals surface area contributed by atoms with E-state index in [2.05, 4.69) is 10.3 Å². The lowest BCUT2D eigenvalue weighted by molar-refractivity contribution is 0.103. The Kier molecular flexibility index (Phi) is 5.54. The molecule has 0 bridgehead atoms. The zero-order valence-electron chi connectivity index (χ0n) is 18.1. The Hall–Kier alpha value is -3.93. The lowest BCUT2D eigenvalue weighted by Gasteiger charge is -2.19. The predicted octanol–water partition coefficient (Wildman–Crippen LogP) is 4.53. The molecule has 1 aliphatic carbocycles. The smallest absolute Gasteiger partial charge is 0.228 e. The highest BCUT2D eigenvalue weighted by Gasteiger charge is 2.25. The molecule has 0 spiro atoms. The molecule has 31 heavy (non-hydrogen) atoms. The molecule has 156 valence electrons. The number of fused-ring (bicyclic) bond motifs is 1. The molecular formula is C25H25N5O. The monoisotopic (exact) mass is 411 g/mol. The molecule has 6 heteroatoms. The second-order valence-electron chi connectivity index (χ2n) is 7.76. The largest absolute Gasteiger partial charge is 0.378 e. The third-order valence-electron chi connectivity index (χ3n) is 5.10. The summed E-state index contributed by atoms with van der Waals surface area (Å²) in [6.07, 6.45) is 3.43. The van der Waals surface area contributed by atoms with E-state index in [0.29, 0.717) is 17.1 Å². The van der Waals surface area contributed by atoms with Crippen LogP contribution in [0.3, 0.4) is 0 Å². The number of carbonyl (C=O) groups is 1. The van der Waals surface area contributed by atoms with Gasteiger partial charge in [0, 0.05) is 57.0 Å². The van der Waals surface area contributed by atoms with E-state index >= 15 is 0 Å². The summed E-state index contributed by atoms with van der Waals surface area (Å²) < 4.78 is 0. The van der Waals surface area contributed by atoms with Crippen molar-refractivity contribution < 1.29 is 4.79 Å². The second-order valence-corrected chi connectivity index (χ2v) is 7.76. The molecule has 0 amide bonds. The Morgan fingerprint density at radius 2 is 1.45 bits per heavy atom. The number of hydrogen-bond acceptors (Lipinski definition) is 6. The van der Waals surface area contributed by atoms with Crippen LogP contribution in [0.15, 0.2) is 83.6 Å². The summed E-state index contributed by atoms with van der Waals surface area (Å²) >= 11 is 0. The van der Waals surface area contributed by atoms with Gasteiger partial charge in [0.1, 0.15) is 5.69 Å². The van der Waals surface area contributed by atoms with Crippen molar-refractivity contribution in [3.63, 3.8) is 0 Å². The third-order valence-corrected chi connectivity index (χ3v) is 5.10. The van der Waals surface area contributed by atoms with Gasteiger partial charge in [0.05, 0.1) is 17.1 Å². The molecule has 3 aromatic rings. The van der Waals surface area contributed by atoms with Crippen LogP contribution in [0.1, 0.15) is 16.1 Å². The van der Waals surface area contributed by atoms with E-state index < -0.39 is 0 Å². The maximum Gasteiger partial charge on any atom is 0.228 e. The normalized spacial score (nSPS) is 14.1. The number of Topliss-reactive ketones (excluding diaryl/α,β-unsaturated/α-hetero) is 1. The zero-order valence-corrected chi connectivity index (χ0v) is 18.1. The van der Waals surface area contributed by atoms with Gasteiger partial charge < -0.3 is 15.1 Å². The van der Waals surface area contributed by atoms with Gasteiger partial charge in [-0.2, -0.15) is 0 Å². The van der Waals surface area contributed by atoms with Crippen LogP contribution >= 0.6 is 0 Å². The van der Waals surface area contributed by atoms with Crippen LogP contribution in [-0.2, 0) is 0 Å². The van der Waals surface area contributed by atoms with Crippen molar-refractivity contribution >= 4 is 34.2 Å². The van der Waals surface area contributed by atoms with Crippen LogP contribution in [0.2, 0.25) is 0 Å². The number of pyridine rings is 1. The first-order valence-corrected chi connectivity index (χ1v) is 10.0. The van der Waals surface area contributed by atoms with Crippen molar-refractivity contribution in [3.05, 3.63) is 89.9 Å².